The molecule has 21 heavy (non-hydrogen) atoms. The molecule has 5 heteroatoms. The molecule has 1 aromatic carbocycles. The molecule has 0 fully saturated rings. The molecule has 5 nitrogen and oxygen atoms in total. The lowest BCUT2D eigenvalue weighted by atomic mass is 10.0. The molecule has 1 aromatic rings. The van der Waals surface area contributed by atoms with Gasteiger partial charge in [-0.2, -0.15) is 0 Å². The number of nitrogens with one attached hydrogen (secondary N) is 2. The van der Waals surface area contributed by atoms with Gasteiger partial charge in [0, 0.05) is 13.6 Å². The summed E-state index contributed by atoms with van der Waals surface area (Å²) >= 11 is 0. The third kappa shape index (κ3) is 5.55. The van der Waals surface area contributed by atoms with Gasteiger partial charge in [-0.05, 0) is 23.5 Å². The molecule has 0 aliphatic heterocycles. The summed E-state index contributed by atoms with van der Waals surface area (Å²) in [7, 11) is 1.57. The number of amides is 2. The molecule has 1 rings (SSSR count). The van der Waals surface area contributed by atoms with Crippen molar-refractivity contribution in [1.82, 2.24) is 10.6 Å². The molecule has 1 atom stereocenters. The van der Waals surface area contributed by atoms with Crippen LogP contribution < -0.4 is 16.4 Å². The minimum absolute atomic E-state index is 0.162. The van der Waals surface area contributed by atoms with E-state index in [9.17, 15) is 9.59 Å². The number of benzene rings is 1. The van der Waals surface area contributed by atoms with Crippen LogP contribution in [0.1, 0.15) is 31.4 Å². The Morgan fingerprint density at radius 2 is 1.81 bits per heavy atom. The Labute approximate surface area is 126 Å². The number of likely N-dealkylation sites (N-methyl/N-ethyl adjacent to an activating group) is 1. The summed E-state index contributed by atoms with van der Waals surface area (Å²) in [6.45, 7) is 4.44. The summed E-state index contributed by atoms with van der Waals surface area (Å²) in [4.78, 5) is 24.0. The van der Waals surface area contributed by atoms with Crippen molar-refractivity contribution in [3.05, 3.63) is 35.4 Å². The number of carbonyl (C=O) groups excluding carboxylic acids is 2. The Kier molecular flexibility index (Phi) is 6.88. The highest BCUT2D eigenvalue weighted by atomic mass is 16.2. The predicted molar refractivity (Wildman–Crippen MR) is 83.5 cm³/mol. The summed E-state index contributed by atoms with van der Waals surface area (Å²) < 4.78 is 0. The molecule has 0 bridgehead atoms. The molecule has 4 N–H and O–H groups in total. The number of carbonyl (C=O) groups is 2. The first kappa shape index (κ1) is 17.2. The van der Waals surface area contributed by atoms with Crippen LogP contribution in [0.15, 0.2) is 24.3 Å². The molecule has 0 aromatic heterocycles. The topological polar surface area (TPSA) is 84.2 Å². The van der Waals surface area contributed by atoms with Crippen molar-refractivity contribution >= 4 is 11.8 Å². The second-order valence-electron chi connectivity index (χ2n) is 5.51. The largest absolute Gasteiger partial charge is 0.357 e. The number of hydrogen-bond acceptors (Lipinski definition) is 3. The zero-order valence-corrected chi connectivity index (χ0v) is 13.0. The van der Waals surface area contributed by atoms with E-state index < -0.39 is 6.04 Å². The maximum Gasteiger partial charge on any atom is 0.242 e. The normalized spacial score (nSPS) is 12.0. The average Bonchev–Trinajstić information content (AvgIpc) is 2.45. The van der Waals surface area contributed by atoms with Crippen LogP contribution in [-0.4, -0.2) is 24.9 Å². The van der Waals surface area contributed by atoms with Gasteiger partial charge < -0.3 is 16.4 Å². The first-order chi connectivity index (χ1) is 9.97. The monoisotopic (exact) mass is 291 g/mol. The van der Waals surface area contributed by atoms with Crippen LogP contribution in [0.25, 0.3) is 0 Å². The third-order valence-electron chi connectivity index (χ3n) is 3.29. The van der Waals surface area contributed by atoms with E-state index in [1.165, 1.54) is 0 Å². The van der Waals surface area contributed by atoms with E-state index >= 15 is 0 Å². The SMILES string of the molecule is CNC(=O)C(CC(C)C)NC(=O)Cc1ccccc1CN. The van der Waals surface area contributed by atoms with E-state index in [0.29, 0.717) is 18.9 Å². The second-order valence-corrected chi connectivity index (χ2v) is 5.51. The van der Waals surface area contributed by atoms with Crippen molar-refractivity contribution in [1.29, 1.82) is 0 Å². The Hall–Kier alpha value is -1.88. The fraction of sp³-hybridized carbons (Fsp3) is 0.500. The highest BCUT2D eigenvalue weighted by molar-refractivity contribution is 5.88. The Morgan fingerprint density at radius 1 is 1.19 bits per heavy atom. The molecule has 0 saturated carbocycles. The number of hydrogen-bond donors (Lipinski definition) is 3. The van der Waals surface area contributed by atoms with Crippen molar-refractivity contribution in [2.75, 3.05) is 7.05 Å². The molecular formula is C16H25N3O2. The fourth-order valence-corrected chi connectivity index (χ4v) is 2.22. The average molecular weight is 291 g/mol. The van der Waals surface area contributed by atoms with Crippen molar-refractivity contribution in [3.8, 4) is 0 Å². The van der Waals surface area contributed by atoms with Crippen molar-refractivity contribution in [2.45, 2.75) is 39.3 Å². The number of rotatable bonds is 7. The van der Waals surface area contributed by atoms with Crippen LogP contribution in [0.3, 0.4) is 0 Å². The lowest BCUT2D eigenvalue weighted by Gasteiger charge is -2.19. The Bertz CT molecular complexity index is 486. The van der Waals surface area contributed by atoms with Gasteiger partial charge in [-0.15, -0.1) is 0 Å². The maximum atomic E-state index is 12.2. The smallest absolute Gasteiger partial charge is 0.242 e. The van der Waals surface area contributed by atoms with Crippen LogP contribution in [0.5, 0.6) is 0 Å². The molecule has 116 valence electrons. The second kappa shape index (κ2) is 8.42. The van der Waals surface area contributed by atoms with E-state index in [-0.39, 0.29) is 18.2 Å². The van der Waals surface area contributed by atoms with Gasteiger partial charge in [0.2, 0.25) is 11.8 Å². The van der Waals surface area contributed by atoms with Crippen molar-refractivity contribution in [2.24, 2.45) is 11.7 Å². The van der Waals surface area contributed by atoms with Crippen LogP contribution in [0.4, 0.5) is 0 Å². The molecule has 2 amide bonds. The Morgan fingerprint density at radius 3 is 2.33 bits per heavy atom. The first-order valence-corrected chi connectivity index (χ1v) is 7.25. The molecular weight excluding hydrogens is 266 g/mol. The quantitative estimate of drug-likeness (QED) is 0.700. The molecule has 0 saturated heterocycles. The zero-order valence-electron chi connectivity index (χ0n) is 13.0. The van der Waals surface area contributed by atoms with Gasteiger partial charge in [-0.25, -0.2) is 0 Å². The van der Waals surface area contributed by atoms with E-state index in [1.54, 1.807) is 7.05 Å². The summed E-state index contributed by atoms with van der Waals surface area (Å²) in [5, 5.41) is 5.40. The van der Waals surface area contributed by atoms with Crippen LogP contribution in [0, 0.1) is 5.92 Å². The molecule has 0 spiro atoms. The van der Waals surface area contributed by atoms with Gasteiger partial charge in [0.1, 0.15) is 6.04 Å². The van der Waals surface area contributed by atoms with Crippen molar-refractivity contribution in [3.63, 3.8) is 0 Å². The highest BCUT2D eigenvalue weighted by Gasteiger charge is 2.21. The molecule has 0 aliphatic rings. The van der Waals surface area contributed by atoms with E-state index in [0.717, 1.165) is 11.1 Å². The molecule has 0 heterocycles. The van der Waals surface area contributed by atoms with Gasteiger partial charge in [-0.3, -0.25) is 9.59 Å². The minimum atomic E-state index is -0.493. The number of nitrogens with two attached hydrogens (primary N) is 1. The molecule has 0 aliphatic carbocycles. The fourth-order valence-electron chi connectivity index (χ4n) is 2.22. The Balaban J connectivity index is 2.71. The zero-order chi connectivity index (χ0) is 15.8. The van der Waals surface area contributed by atoms with Crippen LogP contribution >= 0.6 is 0 Å². The van der Waals surface area contributed by atoms with E-state index in [2.05, 4.69) is 10.6 Å². The standard InChI is InChI=1S/C16H25N3O2/c1-11(2)8-14(16(21)18-3)19-15(20)9-12-6-4-5-7-13(12)10-17/h4-7,11,14H,8-10,17H2,1-3H3,(H,18,21)(H,19,20). The highest BCUT2D eigenvalue weighted by Crippen LogP contribution is 2.10. The first-order valence-electron chi connectivity index (χ1n) is 7.25. The summed E-state index contributed by atoms with van der Waals surface area (Å²) in [6, 6.07) is 7.08. The van der Waals surface area contributed by atoms with Gasteiger partial charge in [0.05, 0.1) is 6.42 Å². The van der Waals surface area contributed by atoms with Crippen LogP contribution in [0.2, 0.25) is 0 Å². The summed E-state index contributed by atoms with van der Waals surface area (Å²) in [5.74, 6) is -0.00163. The van der Waals surface area contributed by atoms with Crippen LogP contribution in [-0.2, 0) is 22.6 Å². The lowest BCUT2D eigenvalue weighted by Crippen LogP contribution is -2.46. The van der Waals surface area contributed by atoms with Gasteiger partial charge in [0.15, 0.2) is 0 Å². The summed E-state index contributed by atoms with van der Waals surface area (Å²) in [5.41, 5.74) is 7.52. The maximum absolute atomic E-state index is 12.2. The van der Waals surface area contributed by atoms with Crippen molar-refractivity contribution < 1.29 is 9.59 Å². The lowest BCUT2D eigenvalue weighted by molar-refractivity contribution is -0.128. The van der Waals surface area contributed by atoms with Gasteiger partial charge >= 0.3 is 0 Å². The molecule has 1 unspecified atom stereocenters. The molecule has 0 radical (unpaired) electrons. The summed E-state index contributed by atoms with van der Waals surface area (Å²) in [6.07, 6.45) is 0.850. The minimum Gasteiger partial charge on any atom is -0.357 e. The van der Waals surface area contributed by atoms with Gasteiger partial charge in [0.25, 0.3) is 0 Å². The van der Waals surface area contributed by atoms with E-state index in [4.69, 9.17) is 5.73 Å². The van der Waals surface area contributed by atoms with Gasteiger partial charge in [-0.1, -0.05) is 38.1 Å². The van der Waals surface area contributed by atoms with E-state index in [1.807, 2.05) is 38.1 Å². The third-order valence-corrected chi connectivity index (χ3v) is 3.29. The predicted octanol–water partition coefficient (Wildman–Crippen LogP) is 0.965.